The van der Waals surface area contributed by atoms with Gasteiger partial charge in [-0.15, -0.1) is 0 Å². The molecule has 0 radical (unpaired) electrons. The molecule has 160 valence electrons. The molecule has 29 heavy (non-hydrogen) atoms. The van der Waals surface area contributed by atoms with E-state index in [1.165, 1.54) is 0 Å². The van der Waals surface area contributed by atoms with Gasteiger partial charge in [0.15, 0.2) is 14.1 Å². The minimum atomic E-state index is -2.00. The normalized spacial score (nSPS) is 12.8. The molecular formula is C22H34N2O4Si. The van der Waals surface area contributed by atoms with Crippen molar-refractivity contribution >= 4 is 31.1 Å². The number of aromatic nitrogens is 1. The molecule has 1 aromatic heterocycles. The first-order chi connectivity index (χ1) is 13.2. The number of rotatable bonds is 6. The van der Waals surface area contributed by atoms with Gasteiger partial charge in [0.25, 0.3) is 0 Å². The lowest BCUT2D eigenvalue weighted by atomic mass is 10.2. The fourth-order valence-corrected chi connectivity index (χ4v) is 3.55. The zero-order valence-corrected chi connectivity index (χ0v) is 19.9. The average Bonchev–Trinajstić information content (AvgIpc) is 2.88. The van der Waals surface area contributed by atoms with Crippen LogP contribution in [0.1, 0.15) is 47.2 Å². The van der Waals surface area contributed by atoms with Gasteiger partial charge in [-0.25, -0.2) is 10.2 Å². The number of nitrogens with one attached hydrogen (secondary N) is 1. The Hall–Kier alpha value is -2.12. The van der Waals surface area contributed by atoms with Crippen LogP contribution in [0.25, 0.3) is 10.9 Å². The van der Waals surface area contributed by atoms with Crippen LogP contribution in [0.15, 0.2) is 30.3 Å². The minimum Gasteiger partial charge on any atom is -0.443 e. The van der Waals surface area contributed by atoms with E-state index in [9.17, 15) is 9.59 Å². The van der Waals surface area contributed by atoms with Crippen LogP contribution in [-0.2, 0) is 20.4 Å². The third-order valence-electron chi connectivity index (χ3n) is 5.17. The number of hydrogen-bond donors (Lipinski definition) is 1. The quantitative estimate of drug-likeness (QED) is 0.650. The Labute approximate surface area is 174 Å². The monoisotopic (exact) mass is 418 g/mol. The van der Waals surface area contributed by atoms with Crippen molar-refractivity contribution in [3.05, 3.63) is 36.0 Å². The number of fused-ring (bicyclic) bond motifs is 1. The summed E-state index contributed by atoms with van der Waals surface area (Å²) in [6.07, 6.45) is -0.399. The van der Waals surface area contributed by atoms with Crippen LogP contribution in [0.5, 0.6) is 0 Å². The number of ketones is 1. The zero-order valence-electron chi connectivity index (χ0n) is 18.9. The van der Waals surface area contributed by atoms with Crippen molar-refractivity contribution in [2.45, 2.75) is 71.7 Å². The van der Waals surface area contributed by atoms with Gasteiger partial charge < -0.3 is 9.16 Å². The molecule has 1 N–H and O–H groups in total. The summed E-state index contributed by atoms with van der Waals surface area (Å²) in [4.78, 5) is 25.0. The van der Waals surface area contributed by atoms with Crippen molar-refractivity contribution in [1.82, 2.24) is 4.68 Å². The number of Topliss-reactive ketones (excluding diaryl/α,β-unsaturated/α-hetero) is 1. The van der Waals surface area contributed by atoms with Gasteiger partial charge in [-0.05, 0) is 51.0 Å². The highest BCUT2D eigenvalue weighted by molar-refractivity contribution is 6.74. The summed E-state index contributed by atoms with van der Waals surface area (Å²) in [5, 5.41) is 0.983. The van der Waals surface area contributed by atoms with Crippen molar-refractivity contribution in [2.24, 2.45) is 0 Å². The molecule has 1 aromatic carbocycles. The summed E-state index contributed by atoms with van der Waals surface area (Å²) in [6.45, 7) is 16.2. The fourth-order valence-electron chi connectivity index (χ4n) is 2.60. The second-order valence-electron chi connectivity index (χ2n) is 9.91. The van der Waals surface area contributed by atoms with Crippen LogP contribution in [0.3, 0.4) is 0 Å². The van der Waals surface area contributed by atoms with Crippen molar-refractivity contribution in [2.75, 3.05) is 12.0 Å². The molecule has 0 aliphatic heterocycles. The molecule has 0 unspecified atom stereocenters. The number of amides is 1. The molecule has 0 atom stereocenters. The van der Waals surface area contributed by atoms with Crippen LogP contribution in [0, 0.1) is 0 Å². The summed E-state index contributed by atoms with van der Waals surface area (Å²) in [5.74, 6) is -0.0233. The maximum Gasteiger partial charge on any atom is 0.426 e. The van der Waals surface area contributed by atoms with E-state index in [0.29, 0.717) is 5.69 Å². The Balaban J connectivity index is 2.20. The Kier molecular flexibility index (Phi) is 6.64. The van der Waals surface area contributed by atoms with E-state index in [0.717, 1.165) is 10.9 Å². The standard InChI is InChI=1S/C22H34N2O4Si/c1-21(2,3)28-20(26)23-24-17(13-16-11-9-10-12-19(16)24)14-18(25)15-27-29(7,8)22(4,5)6/h9-13H,14-15H2,1-8H3,(H,23,26). The zero-order chi connectivity index (χ0) is 22.0. The first-order valence-electron chi connectivity index (χ1n) is 9.95. The molecular weight excluding hydrogens is 384 g/mol. The topological polar surface area (TPSA) is 69.6 Å². The number of hydrogen-bond acceptors (Lipinski definition) is 4. The van der Waals surface area contributed by atoms with E-state index in [1.54, 1.807) is 4.68 Å². The molecule has 1 heterocycles. The highest BCUT2D eigenvalue weighted by atomic mass is 28.4. The molecule has 2 aromatic rings. The lowest BCUT2D eigenvalue weighted by molar-refractivity contribution is -0.120. The molecule has 0 saturated carbocycles. The first-order valence-corrected chi connectivity index (χ1v) is 12.9. The van der Waals surface area contributed by atoms with Gasteiger partial charge in [0.2, 0.25) is 0 Å². The number of ether oxygens (including phenoxy) is 1. The molecule has 1 amide bonds. The Morgan fingerprint density at radius 3 is 2.28 bits per heavy atom. The molecule has 0 fully saturated rings. The second-order valence-corrected chi connectivity index (χ2v) is 14.7. The van der Waals surface area contributed by atoms with Crippen LogP contribution >= 0.6 is 0 Å². The molecule has 0 saturated heterocycles. The summed E-state index contributed by atoms with van der Waals surface area (Å²) < 4.78 is 13.1. The van der Waals surface area contributed by atoms with E-state index >= 15 is 0 Å². The summed E-state index contributed by atoms with van der Waals surface area (Å²) in [6, 6.07) is 9.57. The molecule has 0 aliphatic carbocycles. The van der Waals surface area contributed by atoms with E-state index < -0.39 is 20.0 Å². The summed E-state index contributed by atoms with van der Waals surface area (Å²) in [7, 11) is -2.00. The van der Waals surface area contributed by atoms with Crippen LogP contribution in [0.2, 0.25) is 18.1 Å². The third kappa shape index (κ3) is 6.18. The maximum atomic E-state index is 12.7. The van der Waals surface area contributed by atoms with E-state index in [2.05, 4.69) is 39.3 Å². The van der Waals surface area contributed by atoms with Crippen molar-refractivity contribution in [3.8, 4) is 0 Å². The Morgan fingerprint density at radius 1 is 1.07 bits per heavy atom. The molecule has 0 aliphatic rings. The number of benzene rings is 1. The lowest BCUT2D eigenvalue weighted by Crippen LogP contribution is -2.42. The molecule has 2 rings (SSSR count). The van der Waals surface area contributed by atoms with Crippen LogP contribution < -0.4 is 5.43 Å². The highest BCUT2D eigenvalue weighted by Crippen LogP contribution is 2.36. The molecule has 0 spiro atoms. The van der Waals surface area contributed by atoms with E-state index in [4.69, 9.17) is 9.16 Å². The average molecular weight is 419 g/mol. The smallest absolute Gasteiger partial charge is 0.426 e. The van der Waals surface area contributed by atoms with Gasteiger partial charge in [0, 0.05) is 11.1 Å². The second kappa shape index (κ2) is 8.32. The van der Waals surface area contributed by atoms with Crippen LogP contribution in [0.4, 0.5) is 4.79 Å². The van der Waals surface area contributed by atoms with Gasteiger partial charge in [0.05, 0.1) is 18.5 Å². The third-order valence-corrected chi connectivity index (χ3v) is 9.65. The predicted octanol–water partition coefficient (Wildman–Crippen LogP) is 5.25. The number of para-hydroxylation sites is 1. The van der Waals surface area contributed by atoms with Crippen molar-refractivity contribution in [3.63, 3.8) is 0 Å². The largest absolute Gasteiger partial charge is 0.443 e. The van der Waals surface area contributed by atoms with E-state index in [1.807, 2.05) is 51.1 Å². The molecule has 6 nitrogen and oxygen atoms in total. The van der Waals surface area contributed by atoms with Crippen molar-refractivity contribution in [1.29, 1.82) is 0 Å². The minimum absolute atomic E-state index is 0.0233. The van der Waals surface area contributed by atoms with Crippen molar-refractivity contribution < 1.29 is 18.8 Å². The van der Waals surface area contributed by atoms with E-state index in [-0.39, 0.29) is 23.8 Å². The van der Waals surface area contributed by atoms with Gasteiger partial charge >= 0.3 is 6.09 Å². The molecule has 7 heteroatoms. The fraction of sp³-hybridized carbons (Fsp3) is 0.545. The summed E-state index contributed by atoms with van der Waals surface area (Å²) >= 11 is 0. The van der Waals surface area contributed by atoms with Gasteiger partial charge in [-0.3, -0.25) is 9.47 Å². The predicted molar refractivity (Wildman–Crippen MR) is 119 cm³/mol. The summed E-state index contributed by atoms with van der Waals surface area (Å²) in [5.41, 5.74) is 3.66. The lowest BCUT2D eigenvalue weighted by Gasteiger charge is -2.35. The Bertz CT molecular complexity index is 888. The number of nitrogens with zero attached hydrogens (tertiary/aromatic N) is 1. The first kappa shape index (κ1) is 23.2. The van der Waals surface area contributed by atoms with Gasteiger partial charge in [-0.2, -0.15) is 0 Å². The Morgan fingerprint density at radius 2 is 1.69 bits per heavy atom. The molecule has 0 bridgehead atoms. The number of carbonyl (C=O) groups is 2. The van der Waals surface area contributed by atoms with Gasteiger partial charge in [0.1, 0.15) is 5.60 Å². The maximum absolute atomic E-state index is 12.7. The number of carbonyl (C=O) groups excluding carboxylic acids is 2. The highest BCUT2D eigenvalue weighted by Gasteiger charge is 2.37. The van der Waals surface area contributed by atoms with Crippen LogP contribution in [-0.4, -0.2) is 37.1 Å². The SMILES string of the molecule is CC(C)(C)OC(=O)Nn1c(CC(=O)CO[Si](C)(C)C(C)(C)C)cc2ccccc21. The van der Waals surface area contributed by atoms with Gasteiger partial charge in [-0.1, -0.05) is 39.0 Å².